The number of phenolic OH excluding ortho intramolecular Hbond substituents is 1. The Labute approximate surface area is 842 Å². The van der Waals surface area contributed by atoms with Crippen molar-refractivity contribution < 1.29 is 138 Å². The Kier molecular flexibility index (Phi) is 46.4. The average molecular weight is 2230 g/mol. The lowest BCUT2D eigenvalue weighted by Gasteiger charge is -2.17. The first-order chi connectivity index (χ1) is 65.5. The van der Waals surface area contributed by atoms with Crippen LogP contribution in [0.15, 0.2) is 226 Å². The van der Waals surface area contributed by atoms with Crippen LogP contribution >= 0.6 is 125 Å². The van der Waals surface area contributed by atoms with Gasteiger partial charge in [-0.15, -0.1) is 0 Å². The fraction of sp³-hybridized carbons (Fsp3) is 0.181. The van der Waals surface area contributed by atoms with Crippen LogP contribution in [0.2, 0.25) is 40.2 Å². The van der Waals surface area contributed by atoms with Crippen LogP contribution in [0.25, 0.3) is 88.5 Å². The summed E-state index contributed by atoms with van der Waals surface area (Å²) in [5.41, 5.74) is 2.25. The number of aromatic hydroxyl groups is 1. The summed E-state index contributed by atoms with van der Waals surface area (Å²) >= 11 is 50.7. The second-order valence-corrected chi connectivity index (χ2v) is 32.3. The lowest BCUT2D eigenvalue weighted by atomic mass is 9.88. The maximum Gasteiger partial charge on any atom is 0.526 e. The monoisotopic (exact) mass is 2220 g/mol. The number of halogens is 21. The lowest BCUT2D eigenvalue weighted by molar-refractivity contribution is -0.152. The predicted octanol–water partition coefficient (Wildman–Crippen LogP) is 27.4. The van der Waals surface area contributed by atoms with E-state index in [4.69, 9.17) is 173 Å². The molecule has 9 heterocycles. The van der Waals surface area contributed by atoms with Gasteiger partial charge in [-0.1, -0.05) is 116 Å². The van der Waals surface area contributed by atoms with Gasteiger partial charge in [0.25, 0.3) is 0 Å². The number of carbonyl (C=O) groups is 2. The molecule has 1 atom stereocenters. The number of ketones is 2. The summed E-state index contributed by atoms with van der Waals surface area (Å²) in [7, 11) is -3.45. The fourth-order valence-corrected chi connectivity index (χ4v) is 13.9. The Morgan fingerprint density at radius 3 is 1.28 bits per heavy atom. The van der Waals surface area contributed by atoms with Gasteiger partial charge in [-0.25, -0.2) is 48.3 Å². The number of hydrogen-bond acceptors (Lipinski definition) is 22. The Balaban J connectivity index is 0.000000213. The highest BCUT2D eigenvalue weighted by atomic mass is 79.9. The quantitative estimate of drug-likeness (QED) is 0.0144. The van der Waals surface area contributed by atoms with E-state index >= 15 is 0 Å². The molecule has 736 valence electrons. The molecular formula is C94H78B2Br2Cl8F11N3O19. The maximum atomic E-state index is 13.9. The SMILES string of the molecule is C.CC(=O)c1c(F)cncc1-c1cc2c(F)c(Cl)ccc2o1.CC(=O)c1c(F)cncc1-c1cc2cc(Cl)c(F)cc2o1.CC(O)c1c(F)cncc1Br.CCOC(CBr)OCC.CCOC(COc1ccc(Cl)c(F)c1)OCC.Fc1c(Cl)ccc2occc12.Fc1cc2occc2cc1Cl.OB(O)c1cc2c(F)c(Cl)ccc2o1.OB(O)c1cc2cc(Cl)c(F)cc2o1.Oc1ccc(Cl)c(F)c1. The largest absolute Gasteiger partial charge is 0.526 e. The highest BCUT2D eigenvalue weighted by Gasteiger charge is 2.25. The maximum absolute atomic E-state index is 13.9. The number of phenols is 1. The second-order valence-electron chi connectivity index (χ2n) is 27.6. The van der Waals surface area contributed by atoms with Crippen LogP contribution in [0.3, 0.4) is 0 Å². The van der Waals surface area contributed by atoms with Gasteiger partial charge in [0.05, 0.1) is 110 Å². The van der Waals surface area contributed by atoms with Crippen molar-refractivity contribution in [3.63, 3.8) is 0 Å². The number of benzene rings is 8. The fourth-order valence-electron chi connectivity index (χ4n) is 11.7. The van der Waals surface area contributed by atoms with E-state index in [2.05, 4.69) is 46.8 Å². The summed E-state index contributed by atoms with van der Waals surface area (Å²) in [6.07, 6.45) is 8.67. The van der Waals surface area contributed by atoms with Crippen molar-refractivity contribution in [3.05, 3.63) is 321 Å². The molecule has 45 heteroatoms. The zero-order chi connectivity index (χ0) is 102. The van der Waals surface area contributed by atoms with Gasteiger partial charge in [-0.05, 0) is 180 Å². The van der Waals surface area contributed by atoms with E-state index in [1.165, 1.54) is 149 Å². The molecule has 0 amide bonds. The number of aliphatic hydroxyl groups is 1. The number of nitrogens with zero attached hydrogens (tertiary/aromatic N) is 3. The van der Waals surface area contributed by atoms with Crippen LogP contribution in [0.1, 0.15) is 88.3 Å². The first-order valence-corrected chi connectivity index (χ1v) is 44.9. The number of ether oxygens (including phenoxy) is 5. The van der Waals surface area contributed by atoms with E-state index in [0.717, 1.165) is 47.5 Å². The van der Waals surface area contributed by atoms with Crippen molar-refractivity contribution in [1.82, 2.24) is 15.0 Å². The van der Waals surface area contributed by atoms with E-state index in [9.17, 15) is 57.9 Å². The van der Waals surface area contributed by atoms with Crippen molar-refractivity contribution >= 4 is 228 Å². The summed E-state index contributed by atoms with van der Waals surface area (Å²) in [6.45, 7) is 14.3. The molecule has 0 aliphatic rings. The molecule has 22 nitrogen and oxygen atoms in total. The third kappa shape index (κ3) is 32.9. The normalized spacial score (nSPS) is 10.9. The number of Topliss-reactive ketones (excluding diaryl/α,β-unsaturated/α-hetero) is 2. The zero-order valence-electron chi connectivity index (χ0n) is 72.4. The molecule has 0 fully saturated rings. The molecule has 6 N–H and O–H groups in total. The summed E-state index contributed by atoms with van der Waals surface area (Å²) in [5, 5.41) is 56.5. The summed E-state index contributed by atoms with van der Waals surface area (Å²) in [6, 6.07) is 33.3. The van der Waals surface area contributed by atoms with Crippen molar-refractivity contribution in [2.45, 2.75) is 74.6 Å². The minimum absolute atomic E-state index is 0. The number of fused-ring (bicyclic) bond motifs is 6. The number of alkyl halides is 1. The number of aliphatic hydroxyl groups excluding tert-OH is 1. The van der Waals surface area contributed by atoms with Crippen molar-refractivity contribution in [2.75, 3.05) is 38.4 Å². The van der Waals surface area contributed by atoms with Crippen molar-refractivity contribution in [2.24, 2.45) is 0 Å². The van der Waals surface area contributed by atoms with Crippen LogP contribution in [0.4, 0.5) is 48.3 Å². The summed E-state index contributed by atoms with van der Waals surface area (Å²) < 4.78 is 203. The lowest BCUT2D eigenvalue weighted by Crippen LogP contribution is -2.27. The molecule has 0 saturated carbocycles. The van der Waals surface area contributed by atoms with E-state index in [0.29, 0.717) is 64.0 Å². The number of rotatable bonds is 19. The van der Waals surface area contributed by atoms with Crippen LogP contribution in [-0.4, -0.2) is 122 Å². The van der Waals surface area contributed by atoms with Gasteiger partial charge in [-0.3, -0.25) is 24.5 Å². The molecule has 8 aromatic carbocycles. The minimum Gasteiger partial charge on any atom is -0.508 e. The van der Waals surface area contributed by atoms with Crippen LogP contribution in [0.5, 0.6) is 11.5 Å². The number of carbonyl (C=O) groups excluding carboxylic acids is 2. The van der Waals surface area contributed by atoms with Gasteiger partial charge in [0.2, 0.25) is 0 Å². The average Bonchev–Trinajstić information content (AvgIpc) is 1.62. The van der Waals surface area contributed by atoms with E-state index in [-0.39, 0.29) is 150 Å². The molecule has 0 aliphatic heterocycles. The molecule has 17 aromatic rings. The van der Waals surface area contributed by atoms with E-state index in [1.54, 1.807) is 30.3 Å². The number of furan rings is 6. The van der Waals surface area contributed by atoms with Gasteiger partial charge in [0.1, 0.15) is 109 Å². The topological polar surface area (TPSA) is 319 Å². The van der Waals surface area contributed by atoms with Crippen LogP contribution in [0, 0.1) is 64.0 Å². The third-order valence-corrected chi connectivity index (χ3v) is 21.4. The standard InChI is InChI=1S/2C15H8ClF2NO2.C12H16ClFO3.2C8H5BClFO3.2C8H4ClFO.C7H7BrFNO.C6H13BrO2.C6H4ClFO.CH4/c1-7(20)15-9(5-19-6-12(15)18)14-3-8-2-10(16)11(17)4-13(8)21-14;1-7(20)14-9(5-19-6-11(14)17)13-4-8-12(21-13)3-2-10(16)15(8)18;1-3-15-12(16-4-2)8-17-9-5-6-10(13)11(14)7-9;10-5-1-4-2-8(9(12)13)14-7(4)3-6(5)11;10-5-1-2-6-4(8(5)11)3-7(14-6)9(12)13;9-6-3-5-1-2-11-8(5)4-7(6)10;9-6-1-2-7-5(8(6)10)3-4-11-7;1-4(11)7-5(8)2-10-3-6(7)9;1-3-8-6(5-7)9-4-2;7-5-2-1-4(9)3-6(5)8;/h2*2-6H,1H3;5-7,12H,3-4,8H2,1-2H3;2*1-3,12-13H;2*1-4H;2-4,11H,1H3;6H,3-5H2,1-2H3;1-3,9H;1H4. The van der Waals surface area contributed by atoms with Crippen LogP contribution < -0.4 is 16.1 Å². The number of aromatic nitrogens is 3. The van der Waals surface area contributed by atoms with Gasteiger partial charge in [0.15, 0.2) is 53.2 Å². The Bertz CT molecular complexity index is 6840. The Morgan fingerprint density at radius 1 is 0.410 bits per heavy atom. The van der Waals surface area contributed by atoms with Gasteiger partial charge < -0.3 is 80.5 Å². The first kappa shape index (κ1) is 116. The molecule has 9 aromatic heterocycles. The van der Waals surface area contributed by atoms with Gasteiger partial charge >= 0.3 is 14.2 Å². The molecule has 0 spiro atoms. The van der Waals surface area contributed by atoms with Gasteiger partial charge in [0, 0.05) is 113 Å². The van der Waals surface area contributed by atoms with E-state index in [1.807, 2.05) is 27.7 Å². The van der Waals surface area contributed by atoms with E-state index < -0.39 is 102 Å². The molecular weight excluding hydrogens is 2150 g/mol. The number of hydrogen-bond donors (Lipinski definition) is 6. The molecule has 17 rings (SSSR count). The number of pyridine rings is 3. The predicted molar refractivity (Wildman–Crippen MR) is 520 cm³/mol. The molecule has 0 bridgehead atoms. The Hall–Kier alpha value is -10.3. The molecule has 0 radical (unpaired) electrons. The molecule has 0 saturated heterocycles. The highest BCUT2D eigenvalue weighted by Crippen LogP contribution is 2.38. The Morgan fingerprint density at radius 2 is 0.806 bits per heavy atom. The highest BCUT2D eigenvalue weighted by molar-refractivity contribution is 9.10. The smallest absolute Gasteiger partial charge is 0.508 e. The second kappa shape index (κ2) is 55.8. The van der Waals surface area contributed by atoms with Crippen molar-refractivity contribution in [3.8, 4) is 34.1 Å². The van der Waals surface area contributed by atoms with Crippen molar-refractivity contribution in [1.29, 1.82) is 0 Å². The summed E-state index contributed by atoms with van der Waals surface area (Å²) in [4.78, 5) is 34.2. The molecule has 0 aliphatic carbocycles. The minimum atomic E-state index is -1.75. The molecule has 1 unspecified atom stereocenters. The zero-order valence-corrected chi connectivity index (χ0v) is 81.6. The summed E-state index contributed by atoms with van der Waals surface area (Å²) in [5.74, 6) is -6.67. The van der Waals surface area contributed by atoms with Gasteiger partial charge in [-0.2, -0.15) is 0 Å². The van der Waals surface area contributed by atoms with Crippen LogP contribution in [-0.2, 0) is 18.9 Å². The first-order valence-electron chi connectivity index (χ1n) is 39.9. The third-order valence-electron chi connectivity index (χ3n) is 17.9. The molecule has 139 heavy (non-hydrogen) atoms.